The summed E-state index contributed by atoms with van der Waals surface area (Å²) in [5.74, 6) is -0.206. The zero-order valence-corrected chi connectivity index (χ0v) is 18.5. The second-order valence-corrected chi connectivity index (χ2v) is 7.40. The van der Waals surface area contributed by atoms with E-state index in [2.05, 4.69) is 22.2 Å². The van der Waals surface area contributed by atoms with Crippen LogP contribution in [0.4, 0.5) is 17.1 Å². The molecule has 1 aromatic heterocycles. The minimum absolute atomic E-state index is 0. The van der Waals surface area contributed by atoms with E-state index in [1.54, 1.807) is 9.47 Å². The topological polar surface area (TPSA) is 60.8 Å². The second-order valence-electron chi connectivity index (χ2n) is 7.40. The van der Waals surface area contributed by atoms with Crippen molar-refractivity contribution in [3.8, 4) is 0 Å². The number of carbonyl (C=O) groups excluding carboxylic acids is 2. The van der Waals surface area contributed by atoms with Gasteiger partial charge in [0.1, 0.15) is 5.69 Å². The van der Waals surface area contributed by atoms with Crippen molar-refractivity contribution in [1.29, 1.82) is 0 Å². The number of benzene rings is 1. The molecule has 1 fully saturated rings. The summed E-state index contributed by atoms with van der Waals surface area (Å²) in [5.41, 5.74) is 3.48. The van der Waals surface area contributed by atoms with Gasteiger partial charge < -0.3 is 14.8 Å². The van der Waals surface area contributed by atoms with Crippen LogP contribution in [0.25, 0.3) is 0 Å². The van der Waals surface area contributed by atoms with Gasteiger partial charge in [0, 0.05) is 39.4 Å². The largest absolute Gasteiger partial charge is 0.345 e. The Kier molecular flexibility index (Phi) is 7.35. The number of rotatable bonds is 2. The molecule has 2 aliphatic heterocycles. The molecule has 0 unspecified atom stereocenters. The van der Waals surface area contributed by atoms with Gasteiger partial charge in [-0.15, -0.1) is 24.8 Å². The maximum absolute atomic E-state index is 13.4. The molecule has 158 valence electrons. The van der Waals surface area contributed by atoms with Crippen LogP contribution in [0.2, 0.25) is 0 Å². The summed E-state index contributed by atoms with van der Waals surface area (Å²) in [6.07, 6.45) is 1.90. The summed E-state index contributed by atoms with van der Waals surface area (Å²) >= 11 is 0. The number of halogens is 2. The van der Waals surface area contributed by atoms with Crippen LogP contribution >= 0.6 is 24.8 Å². The number of piperazine rings is 1. The highest BCUT2D eigenvalue weighted by atomic mass is 35.5. The summed E-state index contributed by atoms with van der Waals surface area (Å²) < 4.78 is 1.79. The summed E-state index contributed by atoms with van der Waals surface area (Å²) in [6.45, 7) is 5.93. The first-order chi connectivity index (χ1) is 13.0. The lowest BCUT2D eigenvalue weighted by atomic mass is 10.2. The van der Waals surface area contributed by atoms with Crippen LogP contribution in [0.5, 0.6) is 0 Å². The van der Waals surface area contributed by atoms with E-state index in [1.807, 2.05) is 44.4 Å². The van der Waals surface area contributed by atoms with Crippen molar-refractivity contribution in [1.82, 2.24) is 14.4 Å². The first-order valence-corrected chi connectivity index (χ1v) is 9.26. The molecular weight excluding hydrogens is 413 g/mol. The van der Waals surface area contributed by atoms with Crippen molar-refractivity contribution in [3.05, 3.63) is 41.7 Å². The third kappa shape index (κ3) is 4.28. The third-order valence-electron chi connectivity index (χ3n) is 5.37. The van der Waals surface area contributed by atoms with E-state index in [0.717, 1.165) is 37.4 Å². The van der Waals surface area contributed by atoms with Gasteiger partial charge in [0.05, 0.1) is 23.6 Å². The standard InChI is InChI=1S/C20H25N5O2.2ClH/c1-14-12-23(3)19-18(14)25(16-7-5-4-6-15(16)21-20(19)27)17(26)13-24-10-8-22(2)9-11-24;;/h4-7,12H,8-11,13H2,1-3H3,(H,21,27);2*1H. The molecule has 0 radical (unpaired) electrons. The fourth-order valence-electron chi connectivity index (χ4n) is 3.92. The highest BCUT2D eigenvalue weighted by Crippen LogP contribution is 2.40. The third-order valence-corrected chi connectivity index (χ3v) is 5.37. The van der Waals surface area contributed by atoms with E-state index in [9.17, 15) is 9.59 Å². The van der Waals surface area contributed by atoms with Gasteiger partial charge in [-0.25, -0.2) is 0 Å². The molecule has 0 atom stereocenters. The molecule has 7 nitrogen and oxygen atoms in total. The summed E-state index contributed by atoms with van der Waals surface area (Å²) in [4.78, 5) is 32.4. The molecular formula is C20H27Cl2N5O2. The average molecular weight is 440 g/mol. The number of hydrogen-bond acceptors (Lipinski definition) is 4. The zero-order valence-electron chi connectivity index (χ0n) is 16.8. The Bertz CT molecular complexity index is 906. The van der Waals surface area contributed by atoms with Crippen LogP contribution < -0.4 is 10.2 Å². The molecule has 1 N–H and O–H groups in total. The van der Waals surface area contributed by atoms with Crippen molar-refractivity contribution in [2.75, 3.05) is 50.0 Å². The van der Waals surface area contributed by atoms with Crippen molar-refractivity contribution < 1.29 is 9.59 Å². The fraction of sp³-hybridized carbons (Fsp3) is 0.400. The number of amides is 2. The van der Waals surface area contributed by atoms with E-state index in [4.69, 9.17) is 0 Å². The molecule has 9 heteroatoms. The van der Waals surface area contributed by atoms with Crippen LogP contribution in [0.3, 0.4) is 0 Å². The smallest absolute Gasteiger partial charge is 0.274 e. The highest BCUT2D eigenvalue weighted by Gasteiger charge is 2.33. The normalized spacial score (nSPS) is 16.7. The molecule has 2 aliphatic rings. The van der Waals surface area contributed by atoms with Crippen LogP contribution in [-0.2, 0) is 11.8 Å². The quantitative estimate of drug-likeness (QED) is 0.780. The number of hydrogen-bond donors (Lipinski definition) is 1. The lowest BCUT2D eigenvalue weighted by Crippen LogP contribution is -2.48. The molecule has 2 amide bonds. The van der Waals surface area contributed by atoms with Gasteiger partial charge >= 0.3 is 0 Å². The average Bonchev–Trinajstić information content (AvgIpc) is 2.84. The first-order valence-electron chi connectivity index (χ1n) is 9.26. The van der Waals surface area contributed by atoms with Crippen LogP contribution in [0.1, 0.15) is 16.1 Å². The number of aromatic nitrogens is 1. The Morgan fingerprint density at radius 1 is 1.07 bits per heavy atom. The number of para-hydroxylation sites is 2. The van der Waals surface area contributed by atoms with Crippen molar-refractivity contribution in [2.24, 2.45) is 7.05 Å². The van der Waals surface area contributed by atoms with Crippen molar-refractivity contribution in [2.45, 2.75) is 6.92 Å². The van der Waals surface area contributed by atoms with Gasteiger partial charge in [-0.3, -0.25) is 19.4 Å². The Morgan fingerprint density at radius 3 is 2.41 bits per heavy atom. The molecule has 4 rings (SSSR count). The predicted octanol–water partition coefficient (Wildman–Crippen LogP) is 2.65. The number of fused-ring (bicyclic) bond motifs is 2. The summed E-state index contributed by atoms with van der Waals surface area (Å²) in [6, 6.07) is 7.49. The molecule has 0 saturated carbocycles. The van der Waals surface area contributed by atoms with Gasteiger partial charge in [-0.05, 0) is 31.7 Å². The SMILES string of the molecule is Cc1cn(C)c2c1N(C(=O)CN1CCN(C)CC1)c1ccccc1NC2=O.Cl.Cl. The molecule has 3 heterocycles. The highest BCUT2D eigenvalue weighted by molar-refractivity contribution is 6.18. The number of carbonyl (C=O) groups is 2. The first kappa shape index (κ1) is 23.2. The Labute approximate surface area is 183 Å². The van der Waals surface area contributed by atoms with Crippen molar-refractivity contribution in [3.63, 3.8) is 0 Å². The monoisotopic (exact) mass is 439 g/mol. The molecule has 29 heavy (non-hydrogen) atoms. The number of aryl methyl sites for hydroxylation is 2. The number of nitrogens with one attached hydrogen (secondary N) is 1. The lowest BCUT2D eigenvalue weighted by molar-refractivity contribution is -0.119. The summed E-state index contributed by atoms with van der Waals surface area (Å²) in [5, 5.41) is 2.95. The molecule has 1 aromatic carbocycles. The number of nitrogens with zero attached hydrogens (tertiary/aromatic N) is 4. The Hall–Kier alpha value is -2.06. The number of likely N-dealkylation sites (N-methyl/N-ethyl adjacent to an activating group) is 1. The van der Waals surface area contributed by atoms with E-state index < -0.39 is 0 Å². The zero-order chi connectivity index (χ0) is 19.1. The Morgan fingerprint density at radius 2 is 1.72 bits per heavy atom. The fourth-order valence-corrected chi connectivity index (χ4v) is 3.92. The van der Waals surface area contributed by atoms with E-state index in [-0.39, 0.29) is 36.6 Å². The molecule has 1 saturated heterocycles. The van der Waals surface area contributed by atoms with Crippen LogP contribution in [0, 0.1) is 6.92 Å². The maximum Gasteiger partial charge on any atom is 0.274 e. The molecule has 0 bridgehead atoms. The van der Waals surface area contributed by atoms with Gasteiger partial charge in [0.25, 0.3) is 5.91 Å². The summed E-state index contributed by atoms with van der Waals surface area (Å²) in [7, 11) is 3.94. The van der Waals surface area contributed by atoms with Gasteiger partial charge in [0.15, 0.2) is 0 Å². The minimum Gasteiger partial charge on any atom is -0.345 e. The van der Waals surface area contributed by atoms with Crippen LogP contribution in [0.15, 0.2) is 30.5 Å². The van der Waals surface area contributed by atoms with Crippen molar-refractivity contribution >= 4 is 53.7 Å². The van der Waals surface area contributed by atoms with Gasteiger partial charge in [-0.2, -0.15) is 0 Å². The van der Waals surface area contributed by atoms with Gasteiger partial charge in [0.2, 0.25) is 5.91 Å². The molecule has 0 spiro atoms. The lowest BCUT2D eigenvalue weighted by Gasteiger charge is -2.33. The second kappa shape index (κ2) is 9.17. The Balaban J connectivity index is 0.00000150. The predicted molar refractivity (Wildman–Crippen MR) is 120 cm³/mol. The van der Waals surface area contributed by atoms with Gasteiger partial charge in [-0.1, -0.05) is 12.1 Å². The molecule has 2 aromatic rings. The maximum atomic E-state index is 13.4. The van der Waals surface area contributed by atoms with E-state index >= 15 is 0 Å². The van der Waals surface area contributed by atoms with E-state index in [0.29, 0.717) is 23.6 Å². The minimum atomic E-state index is -0.192. The molecule has 0 aliphatic carbocycles. The number of anilines is 3. The van der Waals surface area contributed by atoms with Crippen LogP contribution in [-0.4, -0.2) is 66.0 Å². The van der Waals surface area contributed by atoms with E-state index in [1.165, 1.54) is 0 Å².